The van der Waals surface area contributed by atoms with Crippen LogP contribution in [0.15, 0.2) is 81.2 Å². The number of sulfonamides is 1. The molecule has 0 radical (unpaired) electrons. The number of carbonyl (C=O) groups excluding carboxylic acids is 1. The first-order chi connectivity index (χ1) is 17.0. The Bertz CT molecular complexity index is 1420. The number of hydrogen-bond acceptors (Lipinski definition) is 7. The van der Waals surface area contributed by atoms with Crippen LogP contribution in [0.1, 0.15) is 18.1 Å². The molecule has 3 aromatic carbocycles. The number of methoxy groups -OCH3 is 1. The molecule has 12 heteroatoms. The van der Waals surface area contributed by atoms with Gasteiger partial charge in [0.2, 0.25) is 0 Å². The molecule has 0 aliphatic carbocycles. The lowest BCUT2D eigenvalue weighted by atomic mass is 10.1. The molecule has 36 heavy (non-hydrogen) atoms. The highest BCUT2D eigenvalue weighted by atomic mass is 79.9. The van der Waals surface area contributed by atoms with Crippen LogP contribution in [-0.2, 0) is 14.8 Å². The molecule has 0 unspecified atom stereocenters. The molecule has 3 rings (SSSR count). The zero-order valence-corrected chi connectivity index (χ0v) is 22.0. The molecule has 0 fully saturated rings. The van der Waals surface area contributed by atoms with Crippen molar-refractivity contribution in [2.75, 3.05) is 18.0 Å². The van der Waals surface area contributed by atoms with Gasteiger partial charge in [-0.25, -0.2) is 13.8 Å². The molecule has 0 bridgehead atoms. The van der Waals surface area contributed by atoms with E-state index < -0.39 is 27.4 Å². The Balaban J connectivity index is 1.95. The smallest absolute Gasteiger partial charge is 0.273 e. The summed E-state index contributed by atoms with van der Waals surface area (Å²) in [5.41, 5.74) is 3.79. The Morgan fingerprint density at radius 2 is 1.83 bits per heavy atom. The molecule has 0 aliphatic rings. The summed E-state index contributed by atoms with van der Waals surface area (Å²) in [6.07, 6.45) is 0. The second-order valence-corrected chi connectivity index (χ2v) is 10.4. The van der Waals surface area contributed by atoms with Gasteiger partial charge < -0.3 is 4.74 Å². The van der Waals surface area contributed by atoms with Crippen LogP contribution in [0.25, 0.3) is 0 Å². The van der Waals surface area contributed by atoms with Gasteiger partial charge in [0, 0.05) is 16.1 Å². The summed E-state index contributed by atoms with van der Waals surface area (Å²) in [6.45, 7) is 2.59. The second-order valence-electron chi connectivity index (χ2n) is 7.66. The number of aryl methyl sites for hydroxylation is 1. The molecular formula is C24H23BrN4O6S. The van der Waals surface area contributed by atoms with E-state index in [4.69, 9.17) is 4.74 Å². The van der Waals surface area contributed by atoms with Gasteiger partial charge in [0.25, 0.3) is 21.6 Å². The van der Waals surface area contributed by atoms with E-state index in [1.807, 2.05) is 24.3 Å². The fraction of sp³-hybridized carbons (Fsp3) is 0.167. The summed E-state index contributed by atoms with van der Waals surface area (Å²) in [4.78, 5) is 23.2. The van der Waals surface area contributed by atoms with Crippen molar-refractivity contribution in [2.45, 2.75) is 18.7 Å². The van der Waals surface area contributed by atoms with Crippen LogP contribution in [0.5, 0.6) is 5.75 Å². The first-order valence-electron chi connectivity index (χ1n) is 10.5. The Hall–Kier alpha value is -3.77. The molecule has 0 atom stereocenters. The Morgan fingerprint density at radius 1 is 1.14 bits per heavy atom. The van der Waals surface area contributed by atoms with Crippen molar-refractivity contribution in [3.8, 4) is 5.75 Å². The van der Waals surface area contributed by atoms with E-state index in [2.05, 4.69) is 26.5 Å². The number of nitrogens with zero attached hydrogens (tertiary/aromatic N) is 3. The molecule has 10 nitrogen and oxygen atoms in total. The minimum Gasteiger partial charge on any atom is -0.497 e. The molecule has 1 N–H and O–H groups in total. The van der Waals surface area contributed by atoms with Crippen LogP contribution in [0.3, 0.4) is 0 Å². The number of ether oxygens (including phenoxy) is 1. The first-order valence-corrected chi connectivity index (χ1v) is 12.8. The average molecular weight is 575 g/mol. The molecule has 0 saturated heterocycles. The Labute approximate surface area is 216 Å². The molecule has 0 saturated carbocycles. The van der Waals surface area contributed by atoms with E-state index in [0.29, 0.717) is 17.0 Å². The van der Waals surface area contributed by atoms with Crippen molar-refractivity contribution in [3.63, 3.8) is 0 Å². The van der Waals surface area contributed by atoms with Crippen molar-refractivity contribution in [1.29, 1.82) is 0 Å². The maximum absolute atomic E-state index is 13.6. The number of hydrazone groups is 1. The zero-order valence-electron chi connectivity index (χ0n) is 19.6. The van der Waals surface area contributed by atoms with Gasteiger partial charge in [0.05, 0.1) is 28.3 Å². The highest BCUT2D eigenvalue weighted by Crippen LogP contribution is 2.29. The number of nitrogens with one attached hydrogen (secondary N) is 1. The molecule has 0 heterocycles. The average Bonchev–Trinajstić information content (AvgIpc) is 2.85. The van der Waals surface area contributed by atoms with Crippen LogP contribution in [0.4, 0.5) is 11.4 Å². The number of carbonyl (C=O) groups is 1. The van der Waals surface area contributed by atoms with Gasteiger partial charge in [-0.2, -0.15) is 5.10 Å². The van der Waals surface area contributed by atoms with Crippen LogP contribution in [0.2, 0.25) is 0 Å². The lowest BCUT2D eigenvalue weighted by molar-refractivity contribution is -0.385. The fourth-order valence-corrected chi connectivity index (χ4v) is 5.07. The predicted molar refractivity (Wildman–Crippen MR) is 140 cm³/mol. The van der Waals surface area contributed by atoms with E-state index in [1.54, 1.807) is 19.1 Å². The SMILES string of the molecule is COc1ccc(N(CC(=O)N/N=C(/C)c2cccc(Br)c2)S(=O)(=O)c2ccc(C)c([N+](=O)[O-])c2)cc1. The molecule has 0 spiro atoms. The minimum absolute atomic E-state index is 0.168. The minimum atomic E-state index is -4.37. The number of anilines is 1. The zero-order chi connectivity index (χ0) is 26.5. The van der Waals surface area contributed by atoms with Crippen molar-refractivity contribution >= 4 is 48.9 Å². The predicted octanol–water partition coefficient (Wildman–Crippen LogP) is 4.41. The standard InChI is InChI=1S/C24H23BrN4O6S/c1-16-7-12-22(14-23(16)29(31)32)36(33,34)28(20-8-10-21(35-3)11-9-20)15-24(30)27-26-17(2)18-5-4-6-19(25)13-18/h4-14H,15H2,1-3H3,(H,27,30)/b26-17-. The van der Waals surface area contributed by atoms with Gasteiger partial charge >= 0.3 is 0 Å². The van der Waals surface area contributed by atoms with Gasteiger partial charge in [-0.1, -0.05) is 34.1 Å². The second kappa shape index (κ2) is 11.3. The quantitative estimate of drug-likeness (QED) is 0.229. The van der Waals surface area contributed by atoms with E-state index in [1.165, 1.54) is 38.3 Å². The number of rotatable bonds is 9. The summed E-state index contributed by atoms with van der Waals surface area (Å²) in [5, 5.41) is 15.5. The van der Waals surface area contributed by atoms with Crippen molar-refractivity contribution < 1.29 is 22.9 Å². The third kappa shape index (κ3) is 6.26. The van der Waals surface area contributed by atoms with Crippen molar-refractivity contribution in [1.82, 2.24) is 5.43 Å². The van der Waals surface area contributed by atoms with Crippen molar-refractivity contribution in [2.24, 2.45) is 5.10 Å². The summed E-state index contributed by atoms with van der Waals surface area (Å²) in [7, 11) is -2.90. The number of nitro benzene ring substituents is 1. The number of hydrogen-bond donors (Lipinski definition) is 1. The van der Waals surface area contributed by atoms with Crippen LogP contribution in [0, 0.1) is 17.0 Å². The number of nitro groups is 1. The first kappa shape index (κ1) is 26.8. The van der Waals surface area contributed by atoms with Crippen LogP contribution in [-0.4, -0.2) is 38.6 Å². The summed E-state index contributed by atoms with van der Waals surface area (Å²) in [6, 6.07) is 16.9. The van der Waals surface area contributed by atoms with Gasteiger partial charge in [-0.05, 0) is 61.9 Å². The third-order valence-corrected chi connectivity index (χ3v) is 7.47. The summed E-state index contributed by atoms with van der Waals surface area (Å²) < 4.78 is 33.9. The topological polar surface area (TPSA) is 131 Å². The number of halogens is 1. The molecule has 188 valence electrons. The van der Waals surface area contributed by atoms with E-state index in [-0.39, 0.29) is 16.3 Å². The van der Waals surface area contributed by atoms with E-state index in [0.717, 1.165) is 20.4 Å². The molecule has 1 amide bonds. The largest absolute Gasteiger partial charge is 0.497 e. The number of benzene rings is 3. The highest BCUT2D eigenvalue weighted by Gasteiger charge is 2.29. The Kier molecular flexibility index (Phi) is 8.43. The lowest BCUT2D eigenvalue weighted by Gasteiger charge is -2.24. The van der Waals surface area contributed by atoms with Gasteiger partial charge in [0.15, 0.2) is 0 Å². The summed E-state index contributed by atoms with van der Waals surface area (Å²) in [5.74, 6) is -0.217. The van der Waals surface area contributed by atoms with Gasteiger partial charge in [0.1, 0.15) is 12.3 Å². The van der Waals surface area contributed by atoms with Gasteiger partial charge in [-0.3, -0.25) is 19.2 Å². The fourth-order valence-electron chi connectivity index (χ4n) is 3.23. The normalized spacial score (nSPS) is 11.6. The van der Waals surface area contributed by atoms with Gasteiger partial charge in [-0.15, -0.1) is 0 Å². The van der Waals surface area contributed by atoms with Crippen molar-refractivity contribution in [3.05, 3.63) is 92.4 Å². The van der Waals surface area contributed by atoms with Crippen LogP contribution >= 0.6 is 15.9 Å². The van der Waals surface area contributed by atoms with E-state index >= 15 is 0 Å². The molecule has 3 aromatic rings. The molecule has 0 aliphatic heterocycles. The Morgan fingerprint density at radius 3 is 2.44 bits per heavy atom. The van der Waals surface area contributed by atoms with E-state index in [9.17, 15) is 23.3 Å². The highest BCUT2D eigenvalue weighted by molar-refractivity contribution is 9.10. The number of amides is 1. The maximum atomic E-state index is 13.6. The lowest BCUT2D eigenvalue weighted by Crippen LogP contribution is -2.39. The summed E-state index contributed by atoms with van der Waals surface area (Å²) >= 11 is 3.37. The van der Waals surface area contributed by atoms with Crippen LogP contribution < -0.4 is 14.5 Å². The maximum Gasteiger partial charge on any atom is 0.273 e. The monoisotopic (exact) mass is 574 g/mol. The third-order valence-electron chi connectivity index (χ3n) is 5.20. The molecule has 0 aromatic heterocycles. The molecular weight excluding hydrogens is 552 g/mol.